The second-order valence-corrected chi connectivity index (χ2v) is 11.3. The quantitative estimate of drug-likeness (QED) is 0.670. The molecular formula is C25H33N3O4S. The van der Waals surface area contributed by atoms with Gasteiger partial charge in [-0.25, -0.2) is 8.42 Å². The van der Waals surface area contributed by atoms with Crippen molar-refractivity contribution in [2.24, 2.45) is 5.92 Å². The first-order valence-corrected chi connectivity index (χ1v) is 12.8. The summed E-state index contributed by atoms with van der Waals surface area (Å²) in [4.78, 5) is 25.4. The zero-order chi connectivity index (χ0) is 24.2. The van der Waals surface area contributed by atoms with E-state index in [1.807, 2.05) is 19.1 Å². The van der Waals surface area contributed by atoms with E-state index < -0.39 is 10.0 Å². The summed E-state index contributed by atoms with van der Waals surface area (Å²) in [5, 5.41) is 5.60. The van der Waals surface area contributed by atoms with Gasteiger partial charge in [0.05, 0.1) is 16.1 Å². The third-order valence-electron chi connectivity index (χ3n) is 5.95. The first-order chi connectivity index (χ1) is 15.5. The molecule has 0 atom stereocenters. The molecule has 8 heteroatoms. The average Bonchev–Trinajstić information content (AvgIpc) is 2.79. The predicted octanol–water partition coefficient (Wildman–Crippen LogP) is 3.77. The monoisotopic (exact) mass is 471 g/mol. The summed E-state index contributed by atoms with van der Waals surface area (Å²) in [5.74, 6) is -0.757. The van der Waals surface area contributed by atoms with Crippen LogP contribution in [0.5, 0.6) is 0 Å². The summed E-state index contributed by atoms with van der Waals surface area (Å²) in [6.07, 6.45) is 0.850. The molecule has 2 aromatic carbocycles. The van der Waals surface area contributed by atoms with Crippen LogP contribution in [0.25, 0.3) is 0 Å². The van der Waals surface area contributed by atoms with Crippen LogP contribution in [-0.4, -0.2) is 44.2 Å². The van der Waals surface area contributed by atoms with E-state index in [2.05, 4.69) is 31.4 Å². The van der Waals surface area contributed by atoms with Gasteiger partial charge in [0.25, 0.3) is 5.91 Å². The third-order valence-corrected chi connectivity index (χ3v) is 7.86. The molecule has 2 N–H and O–H groups in total. The number of sulfonamides is 1. The van der Waals surface area contributed by atoms with Gasteiger partial charge >= 0.3 is 0 Å². The minimum absolute atomic E-state index is 0.0518. The zero-order valence-electron chi connectivity index (χ0n) is 19.7. The molecule has 1 saturated heterocycles. The highest BCUT2D eigenvalue weighted by molar-refractivity contribution is 7.89. The first kappa shape index (κ1) is 24.9. The highest BCUT2D eigenvalue weighted by Crippen LogP contribution is 2.28. The minimum Gasteiger partial charge on any atom is -0.352 e. The van der Waals surface area contributed by atoms with Gasteiger partial charge in [-0.05, 0) is 55.0 Å². The Labute approximate surface area is 196 Å². The van der Waals surface area contributed by atoms with Crippen LogP contribution in [-0.2, 0) is 20.2 Å². The van der Waals surface area contributed by atoms with Gasteiger partial charge in [-0.3, -0.25) is 9.59 Å². The van der Waals surface area contributed by atoms with E-state index in [-0.39, 0.29) is 41.1 Å². The Morgan fingerprint density at radius 1 is 1.00 bits per heavy atom. The van der Waals surface area contributed by atoms with Gasteiger partial charge in [0.2, 0.25) is 15.9 Å². The highest BCUT2D eigenvalue weighted by Gasteiger charge is 2.32. The van der Waals surface area contributed by atoms with Crippen LogP contribution in [0, 0.1) is 5.92 Å². The minimum atomic E-state index is -3.61. The largest absolute Gasteiger partial charge is 0.352 e. The highest BCUT2D eigenvalue weighted by atomic mass is 32.2. The van der Waals surface area contributed by atoms with Crippen LogP contribution in [0.4, 0.5) is 5.69 Å². The number of para-hydroxylation sites is 1. The maximum Gasteiger partial charge on any atom is 0.253 e. The van der Waals surface area contributed by atoms with Crippen LogP contribution in [0.1, 0.15) is 56.5 Å². The lowest BCUT2D eigenvalue weighted by Gasteiger charge is -2.31. The van der Waals surface area contributed by atoms with E-state index in [1.165, 1.54) is 4.31 Å². The Balaban J connectivity index is 1.64. The Kier molecular flexibility index (Phi) is 7.59. The molecule has 0 aromatic heterocycles. The van der Waals surface area contributed by atoms with Crippen LogP contribution in [0.15, 0.2) is 53.4 Å². The topological polar surface area (TPSA) is 95.6 Å². The lowest BCUT2D eigenvalue weighted by atomic mass is 9.87. The number of carbonyl (C=O) groups is 2. The standard InChI is InChI=1S/C25H33N3O4S/c1-5-26-24(30)21-8-6-7-9-22(21)27-23(29)18-14-16-28(17-15-18)33(31,32)20-12-10-19(11-13-20)25(2,3)4/h6-13,18H,5,14-17H2,1-4H3,(H,26,30)(H,27,29). The molecule has 1 aliphatic rings. The van der Waals surface area contributed by atoms with Gasteiger partial charge in [-0.15, -0.1) is 0 Å². The van der Waals surface area contributed by atoms with Crippen LogP contribution < -0.4 is 10.6 Å². The normalized spacial score (nSPS) is 15.8. The third kappa shape index (κ3) is 5.81. The zero-order valence-corrected chi connectivity index (χ0v) is 20.5. The smallest absolute Gasteiger partial charge is 0.253 e. The molecule has 2 amide bonds. The van der Waals surface area contributed by atoms with Crippen LogP contribution >= 0.6 is 0 Å². The molecule has 3 rings (SSSR count). The second-order valence-electron chi connectivity index (χ2n) is 9.35. The Hall–Kier alpha value is -2.71. The maximum atomic E-state index is 13.1. The predicted molar refractivity (Wildman–Crippen MR) is 130 cm³/mol. The van der Waals surface area contributed by atoms with Gasteiger partial charge < -0.3 is 10.6 Å². The molecule has 0 aliphatic carbocycles. The van der Waals surface area contributed by atoms with Crippen LogP contribution in [0.2, 0.25) is 0 Å². The first-order valence-electron chi connectivity index (χ1n) is 11.3. The van der Waals surface area contributed by atoms with Crippen molar-refractivity contribution in [1.82, 2.24) is 9.62 Å². The van der Waals surface area contributed by atoms with Crippen molar-refractivity contribution in [3.63, 3.8) is 0 Å². The summed E-state index contributed by atoms with van der Waals surface area (Å²) in [5.41, 5.74) is 1.89. The fourth-order valence-electron chi connectivity index (χ4n) is 3.92. The number of nitrogens with zero attached hydrogens (tertiary/aromatic N) is 1. The molecule has 0 unspecified atom stereocenters. The molecular weight excluding hydrogens is 438 g/mol. The van der Waals surface area contributed by atoms with Crippen molar-refractivity contribution >= 4 is 27.5 Å². The molecule has 7 nitrogen and oxygen atoms in total. The Bertz CT molecular complexity index is 1100. The molecule has 1 fully saturated rings. The Morgan fingerprint density at radius 3 is 2.18 bits per heavy atom. The van der Waals surface area contributed by atoms with Crippen LogP contribution in [0.3, 0.4) is 0 Å². The van der Waals surface area contributed by atoms with Crippen molar-refractivity contribution in [3.8, 4) is 0 Å². The number of carbonyl (C=O) groups excluding carboxylic acids is 2. The maximum absolute atomic E-state index is 13.1. The number of amides is 2. The summed E-state index contributed by atoms with van der Waals surface area (Å²) < 4.78 is 27.6. The van der Waals surface area contributed by atoms with E-state index in [4.69, 9.17) is 0 Å². The van der Waals surface area contributed by atoms with E-state index in [0.29, 0.717) is 30.6 Å². The summed E-state index contributed by atoms with van der Waals surface area (Å²) in [7, 11) is -3.61. The number of nitrogens with one attached hydrogen (secondary N) is 2. The van der Waals surface area contributed by atoms with Crippen molar-refractivity contribution in [1.29, 1.82) is 0 Å². The number of hydrogen-bond acceptors (Lipinski definition) is 4. The van der Waals surface area contributed by atoms with E-state index >= 15 is 0 Å². The van der Waals surface area contributed by atoms with Gasteiger partial charge in [0, 0.05) is 25.6 Å². The molecule has 1 aliphatic heterocycles. The van der Waals surface area contributed by atoms with Crippen molar-refractivity contribution < 1.29 is 18.0 Å². The van der Waals surface area contributed by atoms with E-state index in [0.717, 1.165) is 5.56 Å². The van der Waals surface area contributed by atoms with Crippen molar-refractivity contribution in [2.75, 3.05) is 25.0 Å². The average molecular weight is 472 g/mol. The molecule has 0 bridgehead atoms. The van der Waals surface area contributed by atoms with Gasteiger partial charge in [0.1, 0.15) is 0 Å². The molecule has 33 heavy (non-hydrogen) atoms. The molecule has 2 aromatic rings. The lowest BCUT2D eigenvalue weighted by molar-refractivity contribution is -0.120. The molecule has 0 radical (unpaired) electrons. The Morgan fingerprint density at radius 2 is 1.61 bits per heavy atom. The van der Waals surface area contributed by atoms with E-state index in [9.17, 15) is 18.0 Å². The second kappa shape index (κ2) is 10.1. The van der Waals surface area contributed by atoms with Gasteiger partial charge in [-0.1, -0.05) is 45.0 Å². The fraction of sp³-hybridized carbons (Fsp3) is 0.440. The number of hydrogen-bond donors (Lipinski definition) is 2. The SMILES string of the molecule is CCNC(=O)c1ccccc1NC(=O)C1CCN(S(=O)(=O)c2ccc(C(C)(C)C)cc2)CC1. The molecule has 0 spiro atoms. The molecule has 178 valence electrons. The van der Waals surface area contributed by atoms with Gasteiger partial charge in [-0.2, -0.15) is 4.31 Å². The number of benzene rings is 2. The van der Waals surface area contributed by atoms with Crippen molar-refractivity contribution in [3.05, 3.63) is 59.7 Å². The van der Waals surface area contributed by atoms with Crippen molar-refractivity contribution in [2.45, 2.75) is 50.8 Å². The fourth-order valence-corrected chi connectivity index (χ4v) is 5.38. The number of anilines is 1. The van der Waals surface area contributed by atoms with Gasteiger partial charge in [0.15, 0.2) is 0 Å². The molecule has 0 saturated carbocycles. The molecule has 1 heterocycles. The number of piperidine rings is 1. The summed E-state index contributed by atoms with van der Waals surface area (Å²) >= 11 is 0. The lowest BCUT2D eigenvalue weighted by Crippen LogP contribution is -2.41. The van der Waals surface area contributed by atoms with E-state index in [1.54, 1.807) is 36.4 Å². The summed E-state index contributed by atoms with van der Waals surface area (Å²) in [6, 6.07) is 13.9. The number of rotatable bonds is 6. The summed E-state index contributed by atoms with van der Waals surface area (Å²) in [6.45, 7) is 9.13.